The lowest BCUT2D eigenvalue weighted by Gasteiger charge is -2.05. The van der Waals surface area contributed by atoms with Crippen LogP contribution in [0.1, 0.15) is 21.5 Å². The number of anilines is 1. The third kappa shape index (κ3) is 3.17. The molecule has 1 heterocycles. The van der Waals surface area contributed by atoms with Crippen molar-refractivity contribution in [3.63, 3.8) is 0 Å². The molecule has 7 nitrogen and oxygen atoms in total. The van der Waals surface area contributed by atoms with E-state index in [9.17, 15) is 18.0 Å². The van der Waals surface area contributed by atoms with Gasteiger partial charge < -0.3 is 10.4 Å². The summed E-state index contributed by atoms with van der Waals surface area (Å²) in [4.78, 5) is 23.1. The SMILES string of the molecule is CNS(=O)(=O)c1ccc2c(c1)C(=Cc1ccc(C(=O)O)cc1)C(=O)N2. The number of hydrogen-bond acceptors (Lipinski definition) is 4. The van der Waals surface area contributed by atoms with E-state index in [0.717, 1.165) is 0 Å². The number of amides is 1. The second kappa shape index (κ2) is 6.15. The first-order chi connectivity index (χ1) is 11.8. The maximum atomic E-state index is 12.2. The van der Waals surface area contributed by atoms with Crippen molar-refractivity contribution in [2.24, 2.45) is 0 Å². The van der Waals surface area contributed by atoms with Crippen LogP contribution in [0.4, 0.5) is 5.69 Å². The van der Waals surface area contributed by atoms with Crippen LogP contribution in [0, 0.1) is 0 Å². The zero-order valence-electron chi connectivity index (χ0n) is 13.1. The van der Waals surface area contributed by atoms with Gasteiger partial charge in [0, 0.05) is 16.8 Å². The topological polar surface area (TPSA) is 113 Å². The Morgan fingerprint density at radius 2 is 1.84 bits per heavy atom. The number of carboxylic acids is 1. The molecule has 0 spiro atoms. The van der Waals surface area contributed by atoms with Crippen molar-refractivity contribution in [2.75, 3.05) is 12.4 Å². The fourth-order valence-corrected chi connectivity index (χ4v) is 3.24. The number of carbonyl (C=O) groups is 2. The lowest BCUT2D eigenvalue weighted by Crippen LogP contribution is -2.18. The minimum Gasteiger partial charge on any atom is -0.478 e. The van der Waals surface area contributed by atoms with E-state index in [-0.39, 0.29) is 16.4 Å². The maximum absolute atomic E-state index is 12.2. The normalized spacial score (nSPS) is 15.1. The third-order valence-electron chi connectivity index (χ3n) is 3.82. The average Bonchev–Trinajstić information content (AvgIpc) is 2.90. The Balaban J connectivity index is 2.06. The minimum atomic E-state index is -3.63. The third-order valence-corrected chi connectivity index (χ3v) is 5.23. The predicted molar refractivity (Wildman–Crippen MR) is 92.6 cm³/mol. The summed E-state index contributed by atoms with van der Waals surface area (Å²) in [6, 6.07) is 10.4. The monoisotopic (exact) mass is 358 g/mol. The molecule has 3 rings (SSSR count). The standard InChI is InChI=1S/C17H14N2O5S/c1-18-25(23,24)12-6-7-15-13(9-12)14(16(20)19-15)8-10-2-4-11(5-3-10)17(21)22/h2-9,18H,1H3,(H,19,20)(H,21,22). The Morgan fingerprint density at radius 1 is 1.16 bits per heavy atom. The van der Waals surface area contributed by atoms with Crippen LogP contribution in [-0.4, -0.2) is 32.4 Å². The van der Waals surface area contributed by atoms with Crippen molar-refractivity contribution in [1.29, 1.82) is 0 Å². The molecule has 0 radical (unpaired) electrons. The molecule has 0 unspecified atom stereocenters. The van der Waals surface area contributed by atoms with Gasteiger partial charge in [0.05, 0.1) is 10.5 Å². The smallest absolute Gasteiger partial charge is 0.335 e. The molecule has 1 aliphatic heterocycles. The van der Waals surface area contributed by atoms with Gasteiger partial charge in [-0.15, -0.1) is 0 Å². The Bertz CT molecular complexity index is 1010. The number of sulfonamides is 1. The van der Waals surface area contributed by atoms with E-state index in [0.29, 0.717) is 22.4 Å². The van der Waals surface area contributed by atoms with Crippen LogP contribution in [-0.2, 0) is 14.8 Å². The molecular formula is C17H14N2O5S. The fraction of sp³-hybridized carbons (Fsp3) is 0.0588. The van der Waals surface area contributed by atoms with E-state index in [1.807, 2.05) is 0 Å². The first-order valence-corrected chi connectivity index (χ1v) is 8.74. The van der Waals surface area contributed by atoms with E-state index in [4.69, 9.17) is 5.11 Å². The average molecular weight is 358 g/mol. The number of hydrogen-bond donors (Lipinski definition) is 3. The Morgan fingerprint density at radius 3 is 2.44 bits per heavy atom. The molecule has 128 valence electrons. The van der Waals surface area contributed by atoms with Crippen LogP contribution in [0.3, 0.4) is 0 Å². The van der Waals surface area contributed by atoms with Crippen molar-refractivity contribution >= 4 is 39.2 Å². The molecule has 8 heteroatoms. The van der Waals surface area contributed by atoms with E-state index >= 15 is 0 Å². The van der Waals surface area contributed by atoms with E-state index < -0.39 is 16.0 Å². The molecule has 2 aromatic carbocycles. The summed E-state index contributed by atoms with van der Waals surface area (Å²) in [6.45, 7) is 0. The summed E-state index contributed by atoms with van der Waals surface area (Å²) in [5.41, 5.74) is 2.08. The summed E-state index contributed by atoms with van der Waals surface area (Å²) in [5, 5.41) is 11.6. The summed E-state index contributed by atoms with van der Waals surface area (Å²) in [5.74, 6) is -1.39. The van der Waals surface area contributed by atoms with Crippen LogP contribution in [0.15, 0.2) is 47.4 Å². The van der Waals surface area contributed by atoms with E-state index in [1.165, 1.54) is 37.4 Å². The number of carbonyl (C=O) groups excluding carboxylic acids is 1. The lowest BCUT2D eigenvalue weighted by molar-refractivity contribution is -0.110. The molecule has 3 N–H and O–H groups in total. The molecule has 25 heavy (non-hydrogen) atoms. The van der Waals surface area contributed by atoms with Gasteiger partial charge >= 0.3 is 5.97 Å². The number of fused-ring (bicyclic) bond motifs is 1. The van der Waals surface area contributed by atoms with Crippen LogP contribution in [0.25, 0.3) is 11.6 Å². The van der Waals surface area contributed by atoms with Crippen LogP contribution in [0.2, 0.25) is 0 Å². The van der Waals surface area contributed by atoms with Crippen molar-refractivity contribution < 1.29 is 23.1 Å². The predicted octanol–water partition coefficient (Wildman–Crippen LogP) is 1.79. The molecule has 2 aromatic rings. The van der Waals surface area contributed by atoms with Gasteiger partial charge in [0.25, 0.3) is 5.91 Å². The van der Waals surface area contributed by atoms with Gasteiger partial charge in [-0.2, -0.15) is 0 Å². The molecule has 0 saturated heterocycles. The van der Waals surface area contributed by atoms with E-state index in [2.05, 4.69) is 10.0 Å². The van der Waals surface area contributed by atoms with Crippen molar-refractivity contribution in [3.8, 4) is 0 Å². The number of benzene rings is 2. The van der Waals surface area contributed by atoms with Crippen LogP contribution in [0.5, 0.6) is 0 Å². The number of rotatable bonds is 4. The zero-order chi connectivity index (χ0) is 18.2. The fourth-order valence-electron chi connectivity index (χ4n) is 2.48. The van der Waals surface area contributed by atoms with Gasteiger partial charge in [0.2, 0.25) is 10.0 Å². The molecule has 1 amide bonds. The van der Waals surface area contributed by atoms with Crippen LogP contribution < -0.4 is 10.0 Å². The Kier molecular flexibility index (Phi) is 4.15. The second-order valence-electron chi connectivity index (χ2n) is 5.35. The highest BCUT2D eigenvalue weighted by atomic mass is 32.2. The summed E-state index contributed by atoms with van der Waals surface area (Å²) in [7, 11) is -2.32. The highest BCUT2D eigenvalue weighted by Gasteiger charge is 2.26. The molecule has 0 fully saturated rings. The Hall–Kier alpha value is -2.97. The second-order valence-corrected chi connectivity index (χ2v) is 7.24. The first kappa shape index (κ1) is 16.9. The van der Waals surface area contributed by atoms with Crippen molar-refractivity contribution in [1.82, 2.24) is 4.72 Å². The molecule has 0 aliphatic carbocycles. The zero-order valence-corrected chi connectivity index (χ0v) is 13.9. The Labute approximate surface area is 144 Å². The molecule has 1 aliphatic rings. The number of carboxylic acid groups (broad SMARTS) is 1. The van der Waals surface area contributed by atoms with E-state index in [1.54, 1.807) is 18.2 Å². The maximum Gasteiger partial charge on any atom is 0.335 e. The lowest BCUT2D eigenvalue weighted by atomic mass is 10.0. The quantitative estimate of drug-likeness (QED) is 0.721. The van der Waals surface area contributed by atoms with Crippen molar-refractivity contribution in [3.05, 3.63) is 59.2 Å². The summed E-state index contributed by atoms with van der Waals surface area (Å²) < 4.78 is 26.1. The summed E-state index contributed by atoms with van der Waals surface area (Å²) >= 11 is 0. The van der Waals surface area contributed by atoms with Gasteiger partial charge in [-0.25, -0.2) is 17.9 Å². The molecular weight excluding hydrogens is 344 g/mol. The largest absolute Gasteiger partial charge is 0.478 e. The van der Waals surface area contributed by atoms with Crippen molar-refractivity contribution in [2.45, 2.75) is 4.90 Å². The first-order valence-electron chi connectivity index (χ1n) is 7.26. The van der Waals surface area contributed by atoms with Gasteiger partial charge in [0.15, 0.2) is 0 Å². The van der Waals surface area contributed by atoms with Gasteiger partial charge in [-0.05, 0) is 49.0 Å². The van der Waals surface area contributed by atoms with Gasteiger partial charge in [-0.3, -0.25) is 4.79 Å². The molecule has 0 aromatic heterocycles. The summed E-state index contributed by atoms with van der Waals surface area (Å²) in [6.07, 6.45) is 1.59. The molecule has 0 atom stereocenters. The number of nitrogens with one attached hydrogen (secondary N) is 2. The van der Waals surface area contributed by atoms with Gasteiger partial charge in [-0.1, -0.05) is 12.1 Å². The van der Waals surface area contributed by atoms with Gasteiger partial charge in [0.1, 0.15) is 0 Å². The highest BCUT2D eigenvalue weighted by molar-refractivity contribution is 7.89. The molecule has 0 bridgehead atoms. The molecule has 0 saturated carbocycles. The number of aromatic carboxylic acids is 1. The van der Waals surface area contributed by atoms with Crippen LogP contribution >= 0.6 is 0 Å². The highest BCUT2D eigenvalue weighted by Crippen LogP contribution is 2.34. The minimum absolute atomic E-state index is 0.0531.